The van der Waals surface area contributed by atoms with Crippen molar-refractivity contribution in [2.75, 3.05) is 27.1 Å². The van der Waals surface area contributed by atoms with E-state index in [1.807, 2.05) is 37.3 Å². The number of methoxy groups -OCH3 is 1. The van der Waals surface area contributed by atoms with E-state index in [1.165, 1.54) is 26.3 Å². The van der Waals surface area contributed by atoms with Crippen LogP contribution < -0.4 is 14.8 Å². The summed E-state index contributed by atoms with van der Waals surface area (Å²) in [7, 11) is 1.40. The summed E-state index contributed by atoms with van der Waals surface area (Å²) in [6.07, 6.45) is 2.81. The van der Waals surface area contributed by atoms with Crippen molar-refractivity contribution in [2.45, 2.75) is 65.5 Å². The molecule has 0 fully saturated rings. The summed E-state index contributed by atoms with van der Waals surface area (Å²) in [5, 5.41) is 2.61. The molecule has 0 spiro atoms. The van der Waals surface area contributed by atoms with Gasteiger partial charge in [0.25, 0.3) is 5.91 Å². The SMILES string of the molecule is CCOCC(=O)OCOc1c(OC)ccnc1C(=O)N[C@@H](C)C(=O)O[C@@H](C)[C@H](CCC(C)C)c1ccccc1. The number of amides is 1. The van der Waals surface area contributed by atoms with Crippen LogP contribution in [0.3, 0.4) is 0 Å². The van der Waals surface area contributed by atoms with Gasteiger partial charge in [-0.1, -0.05) is 50.6 Å². The maximum Gasteiger partial charge on any atom is 0.334 e. The first-order chi connectivity index (χ1) is 18.7. The number of benzene rings is 1. The van der Waals surface area contributed by atoms with Crippen LogP contribution in [0, 0.1) is 5.92 Å². The van der Waals surface area contributed by atoms with E-state index in [4.69, 9.17) is 23.7 Å². The molecular formula is C29H40N2O8. The normalized spacial score (nSPS) is 13.2. The molecule has 10 heteroatoms. The molecule has 1 aromatic carbocycles. The molecule has 214 valence electrons. The molecule has 0 saturated heterocycles. The minimum absolute atomic E-state index is 0.0194. The Morgan fingerprint density at radius 2 is 1.72 bits per heavy atom. The molecule has 2 rings (SSSR count). The van der Waals surface area contributed by atoms with E-state index >= 15 is 0 Å². The fraction of sp³-hybridized carbons (Fsp3) is 0.517. The van der Waals surface area contributed by atoms with Crippen molar-refractivity contribution in [2.24, 2.45) is 5.92 Å². The van der Waals surface area contributed by atoms with Crippen LogP contribution >= 0.6 is 0 Å². The predicted molar refractivity (Wildman–Crippen MR) is 145 cm³/mol. The van der Waals surface area contributed by atoms with E-state index in [1.54, 1.807) is 6.92 Å². The Morgan fingerprint density at radius 3 is 2.36 bits per heavy atom. The van der Waals surface area contributed by atoms with Crippen LogP contribution in [-0.2, 0) is 23.8 Å². The van der Waals surface area contributed by atoms with Gasteiger partial charge in [-0.15, -0.1) is 0 Å². The fourth-order valence-electron chi connectivity index (χ4n) is 3.85. The first kappa shape index (κ1) is 31.6. The van der Waals surface area contributed by atoms with E-state index in [9.17, 15) is 14.4 Å². The zero-order valence-electron chi connectivity index (χ0n) is 23.6. The first-order valence-corrected chi connectivity index (χ1v) is 13.1. The molecule has 0 aliphatic rings. The second kappa shape index (κ2) is 16.3. The summed E-state index contributed by atoms with van der Waals surface area (Å²) in [5.41, 5.74) is 0.960. The molecule has 0 bridgehead atoms. The Balaban J connectivity index is 2.06. The number of ether oxygens (including phenoxy) is 5. The van der Waals surface area contributed by atoms with Gasteiger partial charge >= 0.3 is 11.9 Å². The molecule has 0 saturated carbocycles. The quantitative estimate of drug-likeness (QED) is 0.244. The second-order valence-electron chi connectivity index (χ2n) is 9.43. The van der Waals surface area contributed by atoms with E-state index in [2.05, 4.69) is 24.1 Å². The number of rotatable bonds is 16. The number of hydrogen-bond acceptors (Lipinski definition) is 9. The van der Waals surface area contributed by atoms with Crippen molar-refractivity contribution >= 4 is 17.8 Å². The molecule has 0 unspecified atom stereocenters. The maximum atomic E-state index is 13.1. The largest absolute Gasteiger partial charge is 0.493 e. The summed E-state index contributed by atoms with van der Waals surface area (Å²) in [5.74, 6) is -1.18. The van der Waals surface area contributed by atoms with Gasteiger partial charge in [-0.2, -0.15) is 0 Å². The van der Waals surface area contributed by atoms with Crippen molar-refractivity contribution < 1.29 is 38.1 Å². The molecule has 3 atom stereocenters. The van der Waals surface area contributed by atoms with Gasteiger partial charge in [0.1, 0.15) is 18.8 Å². The monoisotopic (exact) mass is 544 g/mol. The van der Waals surface area contributed by atoms with E-state index in [0.29, 0.717) is 12.5 Å². The van der Waals surface area contributed by atoms with Gasteiger partial charge in [-0.3, -0.25) is 4.79 Å². The van der Waals surface area contributed by atoms with Crippen LogP contribution in [0.25, 0.3) is 0 Å². The number of aromatic nitrogens is 1. The number of nitrogens with one attached hydrogen (secondary N) is 1. The number of nitrogens with zero attached hydrogens (tertiary/aromatic N) is 1. The van der Waals surface area contributed by atoms with Gasteiger partial charge in [-0.25, -0.2) is 14.6 Å². The molecule has 10 nitrogen and oxygen atoms in total. The summed E-state index contributed by atoms with van der Waals surface area (Å²) < 4.78 is 26.5. The minimum atomic E-state index is -0.966. The lowest BCUT2D eigenvalue weighted by atomic mass is 9.87. The van der Waals surface area contributed by atoms with Crippen LogP contribution in [0.1, 0.15) is 69.4 Å². The van der Waals surface area contributed by atoms with Gasteiger partial charge in [0.2, 0.25) is 6.79 Å². The topological polar surface area (TPSA) is 122 Å². The number of carbonyl (C=O) groups is 3. The molecule has 0 radical (unpaired) electrons. The predicted octanol–water partition coefficient (Wildman–Crippen LogP) is 4.28. The van der Waals surface area contributed by atoms with Crippen molar-refractivity contribution in [3.8, 4) is 11.5 Å². The molecule has 1 N–H and O–H groups in total. The molecule has 0 aliphatic heterocycles. The first-order valence-electron chi connectivity index (χ1n) is 13.1. The minimum Gasteiger partial charge on any atom is -0.493 e. The molecule has 1 aromatic heterocycles. The van der Waals surface area contributed by atoms with Gasteiger partial charge < -0.3 is 29.0 Å². The molecule has 1 amide bonds. The van der Waals surface area contributed by atoms with Crippen LogP contribution in [0.2, 0.25) is 0 Å². The van der Waals surface area contributed by atoms with Gasteiger partial charge in [0.15, 0.2) is 17.2 Å². The lowest BCUT2D eigenvalue weighted by Crippen LogP contribution is -2.41. The van der Waals surface area contributed by atoms with Crippen LogP contribution in [0.5, 0.6) is 11.5 Å². The molecule has 39 heavy (non-hydrogen) atoms. The van der Waals surface area contributed by atoms with Crippen LogP contribution in [0.4, 0.5) is 0 Å². The van der Waals surface area contributed by atoms with Crippen molar-refractivity contribution in [3.63, 3.8) is 0 Å². The molecule has 2 aromatic rings. The third kappa shape index (κ3) is 10.2. The molecule has 0 aliphatic carbocycles. The zero-order chi connectivity index (χ0) is 28.8. The Bertz CT molecular complexity index is 1060. The van der Waals surface area contributed by atoms with Gasteiger partial charge in [0.05, 0.1) is 7.11 Å². The van der Waals surface area contributed by atoms with Crippen molar-refractivity contribution in [1.82, 2.24) is 10.3 Å². The summed E-state index contributed by atoms with van der Waals surface area (Å²) in [4.78, 5) is 41.8. The standard InChI is InChI=1S/C29H40N2O8/c1-7-36-17-25(32)37-18-38-27-24(35-6)15-16-30-26(27)28(33)31-20(4)29(34)39-21(5)23(14-13-19(2)3)22-11-9-8-10-12-22/h8-12,15-16,19-21,23H,7,13-14,17-18H2,1-6H3,(H,31,33)/t20-,21-,23-/m0/s1. The number of pyridine rings is 1. The van der Waals surface area contributed by atoms with Crippen LogP contribution in [-0.4, -0.2) is 62.1 Å². The fourth-order valence-corrected chi connectivity index (χ4v) is 3.85. The zero-order valence-corrected chi connectivity index (χ0v) is 23.6. The molecule has 1 heterocycles. The number of hydrogen-bond donors (Lipinski definition) is 1. The smallest absolute Gasteiger partial charge is 0.334 e. The lowest BCUT2D eigenvalue weighted by Gasteiger charge is -2.26. The Morgan fingerprint density at radius 1 is 1.00 bits per heavy atom. The highest BCUT2D eigenvalue weighted by molar-refractivity contribution is 5.98. The number of carbonyl (C=O) groups excluding carboxylic acids is 3. The van der Waals surface area contributed by atoms with Crippen molar-refractivity contribution in [3.05, 3.63) is 53.9 Å². The Labute approximate surface area is 230 Å². The average molecular weight is 545 g/mol. The molecular weight excluding hydrogens is 504 g/mol. The third-order valence-electron chi connectivity index (χ3n) is 6.00. The lowest BCUT2D eigenvalue weighted by molar-refractivity contribution is -0.155. The highest BCUT2D eigenvalue weighted by Crippen LogP contribution is 2.30. The second-order valence-corrected chi connectivity index (χ2v) is 9.43. The number of esters is 2. The third-order valence-corrected chi connectivity index (χ3v) is 6.00. The summed E-state index contributed by atoms with van der Waals surface area (Å²) >= 11 is 0. The summed E-state index contributed by atoms with van der Waals surface area (Å²) in [6, 6.07) is 10.5. The summed E-state index contributed by atoms with van der Waals surface area (Å²) in [6.45, 7) is 9.12. The Hall–Kier alpha value is -3.66. The maximum absolute atomic E-state index is 13.1. The van der Waals surface area contributed by atoms with E-state index in [0.717, 1.165) is 18.4 Å². The highest BCUT2D eigenvalue weighted by Gasteiger charge is 2.28. The average Bonchev–Trinajstić information content (AvgIpc) is 2.92. The van der Waals surface area contributed by atoms with E-state index in [-0.39, 0.29) is 29.7 Å². The van der Waals surface area contributed by atoms with Crippen LogP contribution in [0.15, 0.2) is 42.6 Å². The van der Waals surface area contributed by atoms with Crippen molar-refractivity contribution in [1.29, 1.82) is 0 Å². The van der Waals surface area contributed by atoms with Gasteiger partial charge in [0, 0.05) is 24.8 Å². The van der Waals surface area contributed by atoms with Gasteiger partial charge in [-0.05, 0) is 38.7 Å². The van der Waals surface area contributed by atoms with E-state index < -0.39 is 36.8 Å². The highest BCUT2D eigenvalue weighted by atomic mass is 16.7. The Kier molecular flexibility index (Phi) is 13.2.